The Labute approximate surface area is 144 Å². The molecule has 128 valence electrons. The average Bonchev–Trinajstić information content (AvgIpc) is 2.63. The largest absolute Gasteiger partial charge is 0.422 e. The smallest absolute Gasteiger partial charge is 0.341 e. The minimum absolute atomic E-state index is 0.317. The molecule has 1 aliphatic heterocycles. The fourth-order valence-electron chi connectivity index (χ4n) is 3.40. The van der Waals surface area contributed by atoms with Crippen LogP contribution in [0.25, 0.3) is 22.1 Å². The molecular weight excluding hydrogens is 319 g/mol. The summed E-state index contributed by atoms with van der Waals surface area (Å²) in [4.78, 5) is 14.9. The van der Waals surface area contributed by atoms with Crippen molar-refractivity contribution in [3.05, 3.63) is 70.3 Å². The number of fused-ring (bicyclic) bond motifs is 1. The first-order valence-corrected chi connectivity index (χ1v) is 8.46. The monoisotopic (exact) mass is 338 g/mol. The molecular formula is C20H19FN2O2. The highest BCUT2D eigenvalue weighted by Crippen LogP contribution is 2.31. The second kappa shape index (κ2) is 6.78. The van der Waals surface area contributed by atoms with Gasteiger partial charge >= 0.3 is 5.63 Å². The first-order valence-electron chi connectivity index (χ1n) is 8.46. The number of nitrogens with one attached hydrogen (secondary N) is 1. The SMILES string of the molecule is O=c1oc2ccccc2c(-c2cccc(F)c2)c1CN1CCNCC1. The maximum Gasteiger partial charge on any atom is 0.341 e. The van der Waals surface area contributed by atoms with Crippen LogP contribution in [0.2, 0.25) is 0 Å². The molecule has 0 spiro atoms. The highest BCUT2D eigenvalue weighted by Gasteiger charge is 2.20. The lowest BCUT2D eigenvalue weighted by Crippen LogP contribution is -2.43. The highest BCUT2D eigenvalue weighted by molar-refractivity contribution is 5.94. The number of rotatable bonds is 3. The van der Waals surface area contributed by atoms with Crippen LogP contribution in [-0.2, 0) is 6.54 Å². The predicted octanol–water partition coefficient (Wildman–Crippen LogP) is 3.00. The van der Waals surface area contributed by atoms with Crippen LogP contribution in [0.4, 0.5) is 4.39 Å². The molecule has 3 aromatic rings. The van der Waals surface area contributed by atoms with Gasteiger partial charge in [-0.25, -0.2) is 9.18 Å². The molecule has 0 bridgehead atoms. The molecule has 2 aromatic carbocycles. The number of hydrogen-bond acceptors (Lipinski definition) is 4. The van der Waals surface area contributed by atoms with E-state index in [2.05, 4.69) is 10.2 Å². The molecule has 0 unspecified atom stereocenters. The van der Waals surface area contributed by atoms with Crippen LogP contribution in [-0.4, -0.2) is 31.1 Å². The second-order valence-corrected chi connectivity index (χ2v) is 6.28. The zero-order valence-corrected chi connectivity index (χ0v) is 13.8. The quantitative estimate of drug-likeness (QED) is 0.746. The molecule has 1 fully saturated rings. The van der Waals surface area contributed by atoms with E-state index in [1.54, 1.807) is 12.1 Å². The Hall–Kier alpha value is -2.50. The van der Waals surface area contributed by atoms with E-state index in [0.29, 0.717) is 23.3 Å². The molecule has 0 radical (unpaired) electrons. The van der Waals surface area contributed by atoms with Crippen LogP contribution in [0.1, 0.15) is 5.56 Å². The summed E-state index contributed by atoms with van der Waals surface area (Å²) in [5.74, 6) is -0.317. The van der Waals surface area contributed by atoms with Gasteiger partial charge in [0.25, 0.3) is 0 Å². The fourth-order valence-corrected chi connectivity index (χ4v) is 3.40. The molecule has 0 amide bonds. The van der Waals surface area contributed by atoms with Crippen molar-refractivity contribution in [1.82, 2.24) is 10.2 Å². The lowest BCUT2D eigenvalue weighted by Gasteiger charge is -2.27. The van der Waals surface area contributed by atoms with E-state index in [9.17, 15) is 9.18 Å². The molecule has 4 nitrogen and oxygen atoms in total. The van der Waals surface area contributed by atoms with Crippen LogP contribution >= 0.6 is 0 Å². The van der Waals surface area contributed by atoms with Crippen molar-refractivity contribution >= 4 is 11.0 Å². The summed E-state index contributed by atoms with van der Waals surface area (Å²) >= 11 is 0. The van der Waals surface area contributed by atoms with E-state index in [0.717, 1.165) is 37.1 Å². The van der Waals surface area contributed by atoms with E-state index in [4.69, 9.17) is 4.42 Å². The van der Waals surface area contributed by atoms with Gasteiger partial charge in [-0.05, 0) is 23.8 Å². The number of benzene rings is 2. The standard InChI is InChI=1S/C20H19FN2O2/c21-15-5-3-4-14(12-15)19-16-6-1-2-7-18(16)25-20(24)17(19)13-23-10-8-22-9-11-23/h1-7,12,22H,8-11,13H2. The predicted molar refractivity (Wildman–Crippen MR) is 96.0 cm³/mol. The van der Waals surface area contributed by atoms with E-state index < -0.39 is 0 Å². The Kier molecular flexibility index (Phi) is 4.34. The first kappa shape index (κ1) is 16.0. The Morgan fingerprint density at radius 1 is 1.08 bits per heavy atom. The van der Waals surface area contributed by atoms with Gasteiger partial charge in [0.1, 0.15) is 11.4 Å². The van der Waals surface area contributed by atoms with Gasteiger partial charge in [-0.2, -0.15) is 0 Å². The van der Waals surface area contributed by atoms with Gasteiger partial charge in [-0.3, -0.25) is 4.90 Å². The molecule has 1 aromatic heterocycles. The fraction of sp³-hybridized carbons (Fsp3) is 0.250. The van der Waals surface area contributed by atoms with Gasteiger partial charge in [0.05, 0.1) is 5.56 Å². The molecule has 2 heterocycles. The van der Waals surface area contributed by atoms with Gasteiger partial charge in [0.15, 0.2) is 0 Å². The van der Waals surface area contributed by atoms with Crippen LogP contribution < -0.4 is 10.9 Å². The molecule has 25 heavy (non-hydrogen) atoms. The van der Waals surface area contributed by atoms with Gasteiger partial charge < -0.3 is 9.73 Å². The summed E-state index contributed by atoms with van der Waals surface area (Å²) in [6.45, 7) is 4.03. The number of para-hydroxylation sites is 1. The van der Waals surface area contributed by atoms with Crippen LogP contribution in [0, 0.1) is 5.82 Å². The van der Waals surface area contributed by atoms with Gasteiger partial charge in [0.2, 0.25) is 0 Å². The second-order valence-electron chi connectivity index (χ2n) is 6.28. The maximum atomic E-state index is 13.8. The molecule has 0 aliphatic carbocycles. The lowest BCUT2D eigenvalue weighted by atomic mass is 9.96. The van der Waals surface area contributed by atoms with Crippen LogP contribution in [0.5, 0.6) is 0 Å². The Morgan fingerprint density at radius 3 is 2.68 bits per heavy atom. The van der Waals surface area contributed by atoms with E-state index >= 15 is 0 Å². The summed E-state index contributed by atoms with van der Waals surface area (Å²) < 4.78 is 19.4. The van der Waals surface area contributed by atoms with Crippen molar-refractivity contribution in [2.24, 2.45) is 0 Å². The number of nitrogens with zero attached hydrogens (tertiary/aromatic N) is 1. The molecule has 1 aliphatic rings. The lowest BCUT2D eigenvalue weighted by molar-refractivity contribution is 0.231. The maximum absolute atomic E-state index is 13.8. The molecule has 0 saturated carbocycles. The van der Waals surface area contributed by atoms with Crippen molar-refractivity contribution in [3.8, 4) is 11.1 Å². The zero-order chi connectivity index (χ0) is 17.2. The Morgan fingerprint density at radius 2 is 1.88 bits per heavy atom. The third-order valence-corrected chi connectivity index (χ3v) is 4.61. The molecule has 1 saturated heterocycles. The molecule has 0 atom stereocenters. The number of halogens is 1. The number of hydrogen-bond donors (Lipinski definition) is 1. The Bertz CT molecular complexity index is 961. The summed E-state index contributed by atoms with van der Waals surface area (Å²) in [5, 5.41) is 4.14. The molecule has 1 N–H and O–H groups in total. The molecule has 4 rings (SSSR count). The minimum Gasteiger partial charge on any atom is -0.422 e. The van der Waals surface area contributed by atoms with Crippen molar-refractivity contribution in [3.63, 3.8) is 0 Å². The highest BCUT2D eigenvalue weighted by atomic mass is 19.1. The molecule has 5 heteroatoms. The first-order chi connectivity index (χ1) is 12.2. The Balaban J connectivity index is 1.92. The third-order valence-electron chi connectivity index (χ3n) is 4.61. The third kappa shape index (κ3) is 3.21. The zero-order valence-electron chi connectivity index (χ0n) is 13.8. The summed E-state index contributed by atoms with van der Waals surface area (Å²) in [5.41, 5.74) is 2.23. The van der Waals surface area contributed by atoms with Gasteiger partial charge in [0, 0.05) is 43.7 Å². The van der Waals surface area contributed by atoms with E-state index in [1.807, 2.05) is 24.3 Å². The normalized spacial score (nSPS) is 15.6. The summed E-state index contributed by atoms with van der Waals surface area (Å²) in [7, 11) is 0. The van der Waals surface area contributed by atoms with Crippen molar-refractivity contribution in [2.45, 2.75) is 6.54 Å². The van der Waals surface area contributed by atoms with E-state index in [-0.39, 0.29) is 11.4 Å². The van der Waals surface area contributed by atoms with Crippen LogP contribution in [0.3, 0.4) is 0 Å². The van der Waals surface area contributed by atoms with Crippen molar-refractivity contribution in [2.75, 3.05) is 26.2 Å². The van der Waals surface area contributed by atoms with Crippen molar-refractivity contribution in [1.29, 1.82) is 0 Å². The minimum atomic E-state index is -0.350. The summed E-state index contributed by atoms with van der Waals surface area (Å²) in [6, 6.07) is 13.8. The van der Waals surface area contributed by atoms with Gasteiger partial charge in [-0.15, -0.1) is 0 Å². The topological polar surface area (TPSA) is 45.5 Å². The summed E-state index contributed by atoms with van der Waals surface area (Å²) in [6.07, 6.45) is 0. The van der Waals surface area contributed by atoms with E-state index in [1.165, 1.54) is 12.1 Å². The average molecular weight is 338 g/mol. The van der Waals surface area contributed by atoms with Gasteiger partial charge in [-0.1, -0.05) is 30.3 Å². The van der Waals surface area contributed by atoms with Crippen molar-refractivity contribution < 1.29 is 8.81 Å². The number of piperazine rings is 1. The van der Waals surface area contributed by atoms with Crippen LogP contribution in [0.15, 0.2) is 57.7 Å².